The van der Waals surface area contributed by atoms with Gasteiger partial charge in [-0.15, -0.1) is 0 Å². The second-order valence-corrected chi connectivity index (χ2v) is 6.67. The van der Waals surface area contributed by atoms with Gasteiger partial charge in [0.05, 0.1) is 6.10 Å². The third kappa shape index (κ3) is 4.29. The summed E-state index contributed by atoms with van der Waals surface area (Å²) in [6.07, 6.45) is 1.19. The summed E-state index contributed by atoms with van der Waals surface area (Å²) in [5, 5.41) is 2.91. The van der Waals surface area contributed by atoms with Crippen LogP contribution in [0.2, 0.25) is 0 Å². The van der Waals surface area contributed by atoms with Crippen LogP contribution in [0.5, 0.6) is 0 Å². The number of rotatable bonds is 3. The normalized spacial score (nSPS) is 23.6. The van der Waals surface area contributed by atoms with Gasteiger partial charge in [-0.25, -0.2) is 4.79 Å². The van der Waals surface area contributed by atoms with Crippen molar-refractivity contribution in [2.75, 3.05) is 38.0 Å². The van der Waals surface area contributed by atoms with Crippen molar-refractivity contribution >= 4 is 17.6 Å². The molecule has 1 aromatic carbocycles. The highest BCUT2D eigenvalue weighted by Gasteiger charge is 2.34. The van der Waals surface area contributed by atoms with Gasteiger partial charge in [0.15, 0.2) is 0 Å². The van der Waals surface area contributed by atoms with Gasteiger partial charge in [-0.1, -0.05) is 12.1 Å². The van der Waals surface area contributed by atoms with E-state index in [9.17, 15) is 9.59 Å². The fourth-order valence-corrected chi connectivity index (χ4v) is 3.32. The zero-order chi connectivity index (χ0) is 17.8. The smallest absolute Gasteiger partial charge is 0.321 e. The molecule has 2 atom stereocenters. The maximum atomic E-state index is 12.5. The molecule has 0 aliphatic carbocycles. The molecule has 0 aromatic heterocycles. The van der Waals surface area contributed by atoms with Gasteiger partial charge >= 0.3 is 6.03 Å². The molecule has 2 fully saturated rings. The second kappa shape index (κ2) is 7.84. The summed E-state index contributed by atoms with van der Waals surface area (Å²) >= 11 is 0. The third-order valence-electron chi connectivity index (χ3n) is 4.79. The first-order chi connectivity index (χ1) is 12.1. The minimum atomic E-state index is -0.374. The van der Waals surface area contributed by atoms with Gasteiger partial charge in [-0.05, 0) is 37.5 Å². The number of benzene rings is 1. The number of amides is 3. The van der Waals surface area contributed by atoms with Crippen LogP contribution in [-0.4, -0.2) is 66.7 Å². The number of urea groups is 1. The Morgan fingerprint density at radius 1 is 1.20 bits per heavy atom. The van der Waals surface area contributed by atoms with Crippen molar-refractivity contribution in [3.05, 3.63) is 29.8 Å². The Kier molecular flexibility index (Phi) is 5.55. The maximum absolute atomic E-state index is 12.5. The number of nitrogens with zero attached hydrogens (tertiary/aromatic N) is 2. The van der Waals surface area contributed by atoms with Gasteiger partial charge in [0.2, 0.25) is 0 Å². The lowest BCUT2D eigenvalue weighted by Gasteiger charge is -2.35. The minimum Gasteiger partial charge on any atom is -0.364 e. The van der Waals surface area contributed by atoms with E-state index < -0.39 is 0 Å². The van der Waals surface area contributed by atoms with E-state index in [0.29, 0.717) is 32.7 Å². The Bertz CT molecular complexity index is 629. The number of carbonyl (C=O) groups excluding carboxylic acids is 2. The molecular weight excluding hydrogens is 320 g/mol. The van der Waals surface area contributed by atoms with Gasteiger partial charge < -0.3 is 25.6 Å². The van der Waals surface area contributed by atoms with Crippen LogP contribution in [0.1, 0.15) is 18.4 Å². The van der Waals surface area contributed by atoms with Crippen molar-refractivity contribution in [2.45, 2.75) is 32.0 Å². The van der Waals surface area contributed by atoms with E-state index in [1.165, 1.54) is 0 Å². The predicted molar refractivity (Wildman–Crippen MR) is 95.3 cm³/mol. The van der Waals surface area contributed by atoms with Gasteiger partial charge in [-0.3, -0.25) is 4.79 Å². The summed E-state index contributed by atoms with van der Waals surface area (Å²) in [6, 6.07) is 7.58. The van der Waals surface area contributed by atoms with Crippen molar-refractivity contribution in [1.82, 2.24) is 9.80 Å². The van der Waals surface area contributed by atoms with Crippen LogP contribution in [0.4, 0.5) is 10.5 Å². The van der Waals surface area contributed by atoms with Crippen molar-refractivity contribution in [2.24, 2.45) is 5.73 Å². The third-order valence-corrected chi connectivity index (χ3v) is 4.79. The highest BCUT2D eigenvalue weighted by molar-refractivity contribution is 5.89. The van der Waals surface area contributed by atoms with Crippen LogP contribution >= 0.6 is 0 Å². The number of nitrogens with one attached hydrogen (secondary N) is 1. The van der Waals surface area contributed by atoms with Gasteiger partial charge in [0.25, 0.3) is 5.91 Å². The largest absolute Gasteiger partial charge is 0.364 e. The minimum absolute atomic E-state index is 0.00431. The lowest BCUT2D eigenvalue weighted by Crippen LogP contribution is -2.53. The van der Waals surface area contributed by atoms with Gasteiger partial charge in [0, 0.05) is 38.4 Å². The van der Waals surface area contributed by atoms with Gasteiger partial charge in [0.1, 0.15) is 6.10 Å². The standard InChI is InChI=1S/C18H26N4O3/c1-13-3-2-4-14(11-13)20-18(24)22-9-7-21(8-10-22)17(23)16-6-5-15(12-19)25-16/h2-4,11,15-16H,5-10,12,19H2,1H3,(H,20,24)/t15-,16+/m1/s1. The predicted octanol–water partition coefficient (Wildman–Crippen LogP) is 1.18. The van der Waals surface area contributed by atoms with Gasteiger partial charge in [-0.2, -0.15) is 0 Å². The molecule has 1 aromatic rings. The Labute approximate surface area is 148 Å². The van der Waals surface area contributed by atoms with E-state index in [-0.39, 0.29) is 24.1 Å². The fraction of sp³-hybridized carbons (Fsp3) is 0.556. The number of carbonyl (C=O) groups is 2. The molecule has 136 valence electrons. The van der Waals surface area contributed by atoms with Crippen molar-refractivity contribution in [1.29, 1.82) is 0 Å². The molecule has 7 heteroatoms. The molecule has 2 aliphatic heterocycles. The maximum Gasteiger partial charge on any atom is 0.321 e. The van der Waals surface area contributed by atoms with Crippen LogP contribution in [0, 0.1) is 6.92 Å². The second-order valence-electron chi connectivity index (χ2n) is 6.67. The van der Waals surface area contributed by atoms with E-state index in [2.05, 4.69) is 5.32 Å². The molecule has 0 bridgehead atoms. The number of ether oxygens (including phenoxy) is 1. The first-order valence-corrected chi connectivity index (χ1v) is 8.83. The van der Waals surface area contributed by atoms with Crippen LogP contribution in [0.15, 0.2) is 24.3 Å². The van der Waals surface area contributed by atoms with Crippen LogP contribution < -0.4 is 11.1 Å². The number of anilines is 1. The monoisotopic (exact) mass is 346 g/mol. The quantitative estimate of drug-likeness (QED) is 0.860. The molecule has 3 amide bonds. The summed E-state index contributed by atoms with van der Waals surface area (Å²) < 4.78 is 5.68. The fourth-order valence-electron chi connectivity index (χ4n) is 3.32. The Balaban J connectivity index is 1.48. The summed E-state index contributed by atoms with van der Waals surface area (Å²) in [4.78, 5) is 28.4. The Hall–Kier alpha value is -2.12. The molecule has 0 saturated carbocycles. The molecule has 0 radical (unpaired) electrons. The van der Waals surface area contributed by atoms with Crippen molar-refractivity contribution in [3.63, 3.8) is 0 Å². The van der Waals surface area contributed by atoms with Crippen molar-refractivity contribution in [3.8, 4) is 0 Å². The van der Waals surface area contributed by atoms with Crippen molar-refractivity contribution < 1.29 is 14.3 Å². The van der Waals surface area contributed by atoms with E-state index in [0.717, 1.165) is 24.1 Å². The molecule has 3 rings (SSSR count). The molecule has 25 heavy (non-hydrogen) atoms. The van der Waals surface area contributed by atoms with Crippen LogP contribution in [0.25, 0.3) is 0 Å². The van der Waals surface area contributed by atoms with E-state index >= 15 is 0 Å². The Morgan fingerprint density at radius 2 is 1.92 bits per heavy atom. The molecule has 0 spiro atoms. The topological polar surface area (TPSA) is 87.9 Å². The van der Waals surface area contributed by atoms with Crippen LogP contribution in [-0.2, 0) is 9.53 Å². The average molecular weight is 346 g/mol. The number of hydrogen-bond donors (Lipinski definition) is 2. The summed E-state index contributed by atoms with van der Waals surface area (Å²) in [7, 11) is 0. The highest BCUT2D eigenvalue weighted by Crippen LogP contribution is 2.21. The molecule has 0 unspecified atom stereocenters. The number of nitrogens with two attached hydrogens (primary N) is 1. The summed E-state index contributed by atoms with van der Waals surface area (Å²) in [5.74, 6) is 0.0229. The highest BCUT2D eigenvalue weighted by atomic mass is 16.5. The lowest BCUT2D eigenvalue weighted by molar-refractivity contribution is -0.144. The lowest BCUT2D eigenvalue weighted by atomic mass is 10.1. The van der Waals surface area contributed by atoms with E-state index in [1.807, 2.05) is 31.2 Å². The molecular formula is C18H26N4O3. The average Bonchev–Trinajstić information content (AvgIpc) is 3.10. The molecule has 2 aliphatic rings. The first kappa shape index (κ1) is 17.7. The molecule has 7 nitrogen and oxygen atoms in total. The molecule has 3 N–H and O–H groups in total. The number of piperazine rings is 1. The Morgan fingerprint density at radius 3 is 2.56 bits per heavy atom. The van der Waals surface area contributed by atoms with Crippen LogP contribution in [0.3, 0.4) is 0 Å². The number of hydrogen-bond acceptors (Lipinski definition) is 4. The summed E-state index contributed by atoms with van der Waals surface area (Å²) in [6.45, 7) is 4.56. The first-order valence-electron chi connectivity index (χ1n) is 8.83. The molecule has 2 saturated heterocycles. The SMILES string of the molecule is Cc1cccc(NC(=O)N2CCN(C(=O)[C@@H]3CC[C@H](CN)O3)CC2)c1. The summed E-state index contributed by atoms with van der Waals surface area (Å²) in [5.41, 5.74) is 7.48. The van der Waals surface area contributed by atoms with E-state index in [1.54, 1.807) is 9.80 Å². The number of aryl methyl sites for hydroxylation is 1. The zero-order valence-electron chi connectivity index (χ0n) is 14.6. The zero-order valence-corrected chi connectivity index (χ0v) is 14.6. The molecule has 2 heterocycles. The van der Waals surface area contributed by atoms with E-state index in [4.69, 9.17) is 10.5 Å².